The Hall–Kier alpha value is -3.59. The average Bonchev–Trinajstić information content (AvgIpc) is 3.37. The number of ether oxygens (including phenoxy) is 1. The van der Waals surface area contributed by atoms with Gasteiger partial charge in [-0.1, -0.05) is 6.07 Å². The number of nitrogens with two attached hydrogens (primary N) is 1. The first kappa shape index (κ1) is 20.3. The van der Waals surface area contributed by atoms with Crippen molar-refractivity contribution in [3.05, 3.63) is 65.4 Å². The van der Waals surface area contributed by atoms with Gasteiger partial charge in [0, 0.05) is 36.5 Å². The molecule has 3 aromatic rings. The van der Waals surface area contributed by atoms with Gasteiger partial charge in [-0.15, -0.1) is 0 Å². The number of methoxy groups -OCH3 is 1. The lowest BCUT2D eigenvalue weighted by atomic mass is 10.0. The van der Waals surface area contributed by atoms with E-state index in [0.717, 1.165) is 6.42 Å². The van der Waals surface area contributed by atoms with E-state index in [1.807, 2.05) is 0 Å². The molecule has 0 saturated carbocycles. The number of fused-ring (bicyclic) bond motifs is 1. The number of carbonyl (C=O) groups excluding carboxylic acids is 1. The number of anilines is 2. The molecule has 1 unspecified atom stereocenters. The summed E-state index contributed by atoms with van der Waals surface area (Å²) in [5, 5.41) is 0. The molecule has 1 amide bonds. The fraction of sp³-hybridized carbons (Fsp3) is 0.261. The van der Waals surface area contributed by atoms with E-state index in [1.165, 1.54) is 36.4 Å². The van der Waals surface area contributed by atoms with Gasteiger partial charge in [-0.25, -0.2) is 13.8 Å². The van der Waals surface area contributed by atoms with Crippen molar-refractivity contribution in [2.45, 2.75) is 19.0 Å². The Bertz CT molecular complexity index is 1220. The maximum absolute atomic E-state index is 14.7. The Morgan fingerprint density at radius 2 is 2.00 bits per heavy atom. The molecule has 1 saturated heterocycles. The Balaban J connectivity index is 1.55. The molecule has 0 spiro atoms. The van der Waals surface area contributed by atoms with E-state index in [-0.39, 0.29) is 29.9 Å². The molecular formula is C23H21F2N5O2. The van der Waals surface area contributed by atoms with Crippen LogP contribution < -0.4 is 20.3 Å². The van der Waals surface area contributed by atoms with Crippen molar-refractivity contribution in [1.82, 2.24) is 9.97 Å². The van der Waals surface area contributed by atoms with Crippen LogP contribution in [-0.2, 0) is 6.54 Å². The smallest absolute Gasteiger partial charge is 0.260 e. The molecule has 1 atom stereocenters. The van der Waals surface area contributed by atoms with Crippen LogP contribution in [0.4, 0.5) is 20.4 Å². The molecule has 2 aliphatic rings. The van der Waals surface area contributed by atoms with Crippen LogP contribution in [0.1, 0.15) is 22.3 Å². The molecule has 1 aromatic carbocycles. The second-order valence-corrected chi connectivity index (χ2v) is 7.86. The second kappa shape index (κ2) is 7.83. The van der Waals surface area contributed by atoms with Crippen molar-refractivity contribution in [3.63, 3.8) is 0 Å². The number of aromatic nitrogens is 2. The third kappa shape index (κ3) is 3.25. The van der Waals surface area contributed by atoms with Gasteiger partial charge in [0.2, 0.25) is 0 Å². The first-order valence-electron chi connectivity index (χ1n) is 10.3. The third-order valence-electron chi connectivity index (χ3n) is 5.89. The molecule has 7 nitrogen and oxygen atoms in total. The molecular weight excluding hydrogens is 416 g/mol. The molecule has 0 radical (unpaired) electrons. The minimum Gasteiger partial charge on any atom is -0.496 e. The number of amides is 1. The van der Waals surface area contributed by atoms with Crippen LogP contribution in [-0.4, -0.2) is 42.1 Å². The molecule has 5 rings (SSSR count). The van der Waals surface area contributed by atoms with Crippen LogP contribution in [0.15, 0.2) is 42.6 Å². The third-order valence-corrected chi connectivity index (χ3v) is 5.89. The van der Waals surface area contributed by atoms with Crippen molar-refractivity contribution >= 4 is 17.5 Å². The predicted molar refractivity (Wildman–Crippen MR) is 116 cm³/mol. The van der Waals surface area contributed by atoms with E-state index in [4.69, 9.17) is 10.5 Å². The average molecular weight is 437 g/mol. The van der Waals surface area contributed by atoms with Crippen LogP contribution in [0.5, 0.6) is 5.75 Å². The number of halogens is 2. The molecule has 0 aliphatic carbocycles. The molecule has 32 heavy (non-hydrogen) atoms. The summed E-state index contributed by atoms with van der Waals surface area (Å²) in [6.07, 6.45) is 2.22. The SMILES string of the molecule is COc1cccc(F)c1-c1nccc2c1CN(c1ccc(F)c(N3CCC(N)C3)n1)C2=O. The lowest BCUT2D eigenvalue weighted by Gasteiger charge is -2.21. The van der Waals surface area contributed by atoms with E-state index in [1.54, 1.807) is 23.1 Å². The highest BCUT2D eigenvalue weighted by Crippen LogP contribution is 2.38. The van der Waals surface area contributed by atoms with Gasteiger partial charge >= 0.3 is 0 Å². The van der Waals surface area contributed by atoms with E-state index in [0.29, 0.717) is 41.5 Å². The van der Waals surface area contributed by atoms with Crippen molar-refractivity contribution in [2.75, 3.05) is 30.0 Å². The molecule has 9 heteroatoms. The van der Waals surface area contributed by atoms with Gasteiger partial charge in [0.15, 0.2) is 11.6 Å². The highest BCUT2D eigenvalue weighted by atomic mass is 19.1. The molecule has 2 N–H and O–H groups in total. The first-order valence-corrected chi connectivity index (χ1v) is 10.3. The Labute approximate surface area is 183 Å². The van der Waals surface area contributed by atoms with E-state index in [2.05, 4.69) is 9.97 Å². The molecule has 2 aliphatic heterocycles. The van der Waals surface area contributed by atoms with Crippen LogP contribution >= 0.6 is 0 Å². The van der Waals surface area contributed by atoms with Crippen molar-refractivity contribution < 1.29 is 18.3 Å². The van der Waals surface area contributed by atoms with Gasteiger partial charge in [-0.3, -0.25) is 14.7 Å². The zero-order valence-corrected chi connectivity index (χ0v) is 17.4. The predicted octanol–water partition coefficient (Wildman–Crippen LogP) is 3.13. The number of hydrogen-bond donors (Lipinski definition) is 1. The summed E-state index contributed by atoms with van der Waals surface area (Å²) < 4.78 is 34.5. The maximum atomic E-state index is 14.7. The topological polar surface area (TPSA) is 84.6 Å². The molecule has 2 aromatic heterocycles. The molecule has 4 heterocycles. The van der Waals surface area contributed by atoms with E-state index < -0.39 is 11.6 Å². The highest BCUT2D eigenvalue weighted by Gasteiger charge is 2.34. The molecule has 1 fully saturated rings. The first-order chi connectivity index (χ1) is 15.5. The van der Waals surface area contributed by atoms with Gasteiger partial charge in [-0.2, -0.15) is 0 Å². The van der Waals surface area contributed by atoms with Crippen LogP contribution in [0.3, 0.4) is 0 Å². The normalized spacial score (nSPS) is 17.8. The van der Waals surface area contributed by atoms with Gasteiger partial charge in [-0.05, 0) is 36.8 Å². The summed E-state index contributed by atoms with van der Waals surface area (Å²) in [5.41, 5.74) is 7.45. The van der Waals surface area contributed by atoms with Crippen LogP contribution in [0, 0.1) is 11.6 Å². The molecule has 164 valence electrons. The van der Waals surface area contributed by atoms with Crippen molar-refractivity contribution in [1.29, 1.82) is 0 Å². The summed E-state index contributed by atoms with van der Waals surface area (Å²) in [6, 6.07) is 8.84. The van der Waals surface area contributed by atoms with E-state index in [9.17, 15) is 13.6 Å². The van der Waals surface area contributed by atoms with Gasteiger partial charge in [0.05, 0.1) is 24.9 Å². The van der Waals surface area contributed by atoms with E-state index >= 15 is 0 Å². The van der Waals surface area contributed by atoms with Crippen molar-refractivity contribution in [2.24, 2.45) is 5.73 Å². The summed E-state index contributed by atoms with van der Waals surface area (Å²) in [5.74, 6) is -0.455. The summed E-state index contributed by atoms with van der Waals surface area (Å²) in [7, 11) is 1.45. The molecule has 0 bridgehead atoms. The summed E-state index contributed by atoms with van der Waals surface area (Å²) in [6.45, 7) is 1.24. The number of hydrogen-bond acceptors (Lipinski definition) is 6. The van der Waals surface area contributed by atoms with Crippen LogP contribution in [0.25, 0.3) is 11.3 Å². The van der Waals surface area contributed by atoms with Gasteiger partial charge in [0.1, 0.15) is 17.4 Å². The van der Waals surface area contributed by atoms with Gasteiger partial charge < -0.3 is 15.4 Å². The Morgan fingerprint density at radius 3 is 2.75 bits per heavy atom. The van der Waals surface area contributed by atoms with Crippen molar-refractivity contribution in [3.8, 4) is 17.0 Å². The number of rotatable bonds is 4. The highest BCUT2D eigenvalue weighted by molar-refractivity contribution is 6.10. The zero-order valence-electron chi connectivity index (χ0n) is 17.4. The standard InChI is InChI=1S/C23H21F2N5O2/c1-32-18-4-2-3-16(24)20(18)21-15-12-30(23(31)14(15)7-9-27-21)19-6-5-17(25)22(28-19)29-10-8-13(26)11-29/h2-7,9,13H,8,10-12,26H2,1H3. The summed E-state index contributed by atoms with van der Waals surface area (Å²) >= 11 is 0. The largest absolute Gasteiger partial charge is 0.496 e. The number of benzene rings is 1. The number of carbonyl (C=O) groups is 1. The minimum absolute atomic E-state index is 0.0399. The zero-order chi connectivity index (χ0) is 22.4. The second-order valence-electron chi connectivity index (χ2n) is 7.86. The Kier molecular flexibility index (Phi) is 4.97. The summed E-state index contributed by atoms with van der Waals surface area (Å²) in [4.78, 5) is 25.2. The number of pyridine rings is 2. The fourth-order valence-electron chi connectivity index (χ4n) is 4.31. The lowest BCUT2D eigenvalue weighted by Crippen LogP contribution is -2.29. The lowest BCUT2D eigenvalue weighted by molar-refractivity contribution is 0.0996. The van der Waals surface area contributed by atoms with Crippen LogP contribution in [0.2, 0.25) is 0 Å². The number of nitrogens with zero attached hydrogens (tertiary/aromatic N) is 4. The Morgan fingerprint density at radius 1 is 1.16 bits per heavy atom. The minimum atomic E-state index is -0.497. The quantitative estimate of drug-likeness (QED) is 0.675. The maximum Gasteiger partial charge on any atom is 0.260 e. The van der Waals surface area contributed by atoms with Gasteiger partial charge in [0.25, 0.3) is 5.91 Å². The fourth-order valence-corrected chi connectivity index (χ4v) is 4.31. The monoisotopic (exact) mass is 437 g/mol.